The van der Waals surface area contributed by atoms with Crippen molar-refractivity contribution in [2.24, 2.45) is 0 Å². The smallest absolute Gasteiger partial charge is 0.297 e. The number of nitrogens with zero attached hydrogens (tertiary/aromatic N) is 3. The summed E-state index contributed by atoms with van der Waals surface area (Å²) in [5.41, 5.74) is 1.73. The normalized spacial score (nSPS) is 11.4. The van der Waals surface area contributed by atoms with Crippen LogP contribution in [-0.2, 0) is 11.3 Å². The number of anilines is 1. The Labute approximate surface area is 155 Å². The molecule has 0 fully saturated rings. The lowest BCUT2D eigenvalue weighted by molar-refractivity contribution is -0.119. The molecule has 0 aliphatic carbocycles. The van der Waals surface area contributed by atoms with Gasteiger partial charge in [0, 0.05) is 17.1 Å². The second-order valence-electron chi connectivity index (χ2n) is 6.65. The first-order chi connectivity index (χ1) is 13.1. The van der Waals surface area contributed by atoms with Gasteiger partial charge in [-0.3, -0.25) is 14.2 Å². The zero-order valence-corrected chi connectivity index (χ0v) is 15.1. The molecule has 6 nitrogen and oxygen atoms in total. The highest BCUT2D eigenvalue weighted by Gasteiger charge is 2.21. The van der Waals surface area contributed by atoms with Crippen molar-refractivity contribution in [3.63, 3.8) is 0 Å². The van der Waals surface area contributed by atoms with Gasteiger partial charge in [-0.2, -0.15) is 0 Å². The molecular formula is C21H19N3O3. The van der Waals surface area contributed by atoms with Crippen LogP contribution in [0.1, 0.15) is 13.8 Å². The van der Waals surface area contributed by atoms with E-state index in [1.54, 1.807) is 11.0 Å². The van der Waals surface area contributed by atoms with Gasteiger partial charge in [0.05, 0.1) is 6.33 Å². The maximum Gasteiger partial charge on any atom is 0.297 e. The van der Waals surface area contributed by atoms with Gasteiger partial charge in [0.1, 0.15) is 17.6 Å². The van der Waals surface area contributed by atoms with Crippen LogP contribution in [0.15, 0.2) is 70.1 Å². The monoisotopic (exact) mass is 361 g/mol. The Bertz CT molecular complexity index is 1180. The molecule has 0 atom stereocenters. The Morgan fingerprint density at radius 3 is 2.56 bits per heavy atom. The van der Waals surface area contributed by atoms with E-state index >= 15 is 0 Å². The van der Waals surface area contributed by atoms with Gasteiger partial charge in [-0.15, -0.1) is 0 Å². The number of hydrogen-bond donors (Lipinski definition) is 0. The van der Waals surface area contributed by atoms with Crippen molar-refractivity contribution in [3.8, 4) is 0 Å². The van der Waals surface area contributed by atoms with E-state index in [-0.39, 0.29) is 29.6 Å². The van der Waals surface area contributed by atoms with Crippen LogP contribution in [0, 0.1) is 0 Å². The van der Waals surface area contributed by atoms with Gasteiger partial charge >= 0.3 is 0 Å². The standard InChI is InChI=1S/C21H19N3O3/c1-14(2)24(15-8-4-3-5-9-15)18(25)12-23-13-22-19-16-10-6-7-11-17(16)27-20(19)21(23)26/h3-11,13-14H,12H2,1-2H3. The van der Waals surface area contributed by atoms with Crippen LogP contribution in [0.2, 0.25) is 0 Å². The second-order valence-corrected chi connectivity index (χ2v) is 6.65. The minimum absolute atomic E-state index is 0.0431. The number of benzene rings is 2. The molecule has 0 radical (unpaired) electrons. The Morgan fingerprint density at radius 1 is 1.11 bits per heavy atom. The molecule has 27 heavy (non-hydrogen) atoms. The van der Waals surface area contributed by atoms with Gasteiger partial charge in [-0.1, -0.05) is 30.3 Å². The van der Waals surface area contributed by atoms with E-state index in [1.165, 1.54) is 10.9 Å². The van der Waals surface area contributed by atoms with Crippen LogP contribution in [0.3, 0.4) is 0 Å². The number of carbonyl (C=O) groups excluding carboxylic acids is 1. The average molecular weight is 361 g/mol. The third-order valence-electron chi connectivity index (χ3n) is 4.48. The zero-order chi connectivity index (χ0) is 19.0. The third kappa shape index (κ3) is 2.99. The van der Waals surface area contributed by atoms with Crippen LogP contribution in [0.25, 0.3) is 22.1 Å². The highest BCUT2D eigenvalue weighted by atomic mass is 16.3. The number of rotatable bonds is 4. The summed E-state index contributed by atoms with van der Waals surface area (Å²) in [7, 11) is 0. The molecule has 2 aromatic carbocycles. The molecule has 1 amide bonds. The van der Waals surface area contributed by atoms with E-state index < -0.39 is 0 Å². The van der Waals surface area contributed by atoms with Crippen molar-refractivity contribution in [1.82, 2.24) is 9.55 Å². The Hall–Kier alpha value is -3.41. The van der Waals surface area contributed by atoms with E-state index in [4.69, 9.17) is 4.42 Å². The number of furan rings is 1. The van der Waals surface area contributed by atoms with Crippen LogP contribution in [0.4, 0.5) is 5.69 Å². The molecule has 0 saturated carbocycles. The van der Waals surface area contributed by atoms with E-state index in [0.29, 0.717) is 11.1 Å². The summed E-state index contributed by atoms with van der Waals surface area (Å²) in [4.78, 5) is 31.8. The lowest BCUT2D eigenvalue weighted by Gasteiger charge is -2.27. The molecule has 4 aromatic rings. The number of hydrogen-bond acceptors (Lipinski definition) is 4. The fourth-order valence-electron chi connectivity index (χ4n) is 3.27. The summed E-state index contributed by atoms with van der Waals surface area (Å²) >= 11 is 0. The van der Waals surface area contributed by atoms with Crippen LogP contribution < -0.4 is 10.5 Å². The molecule has 4 rings (SSSR count). The first kappa shape index (κ1) is 17.0. The molecular weight excluding hydrogens is 342 g/mol. The maximum absolute atomic E-state index is 12.9. The highest BCUT2D eigenvalue weighted by molar-refractivity contribution is 6.01. The number of fused-ring (bicyclic) bond motifs is 3. The molecule has 0 N–H and O–H groups in total. The summed E-state index contributed by atoms with van der Waals surface area (Å²) < 4.78 is 6.97. The van der Waals surface area contributed by atoms with Crippen LogP contribution in [0.5, 0.6) is 0 Å². The summed E-state index contributed by atoms with van der Waals surface area (Å²) in [5.74, 6) is -0.185. The fraction of sp³-hybridized carbons (Fsp3) is 0.190. The quantitative estimate of drug-likeness (QED) is 0.557. The van der Waals surface area contributed by atoms with E-state index in [1.807, 2.05) is 62.4 Å². The summed E-state index contributed by atoms with van der Waals surface area (Å²) in [6, 6.07) is 16.7. The third-order valence-corrected chi connectivity index (χ3v) is 4.48. The van der Waals surface area contributed by atoms with Crippen molar-refractivity contribution in [2.45, 2.75) is 26.4 Å². The predicted molar refractivity (Wildman–Crippen MR) is 105 cm³/mol. The van der Waals surface area contributed by atoms with Gasteiger partial charge in [0.25, 0.3) is 5.56 Å². The molecule has 0 aliphatic heterocycles. The second kappa shape index (κ2) is 6.72. The Morgan fingerprint density at radius 2 is 1.81 bits per heavy atom. The highest BCUT2D eigenvalue weighted by Crippen LogP contribution is 2.24. The lowest BCUT2D eigenvalue weighted by atomic mass is 10.2. The SMILES string of the molecule is CC(C)N(C(=O)Cn1cnc2c(oc3ccccc32)c1=O)c1ccccc1. The van der Waals surface area contributed by atoms with E-state index in [2.05, 4.69) is 4.98 Å². The van der Waals surface area contributed by atoms with Crippen molar-refractivity contribution >= 4 is 33.7 Å². The number of para-hydroxylation sites is 2. The van der Waals surface area contributed by atoms with Crippen LogP contribution in [-0.4, -0.2) is 21.5 Å². The molecule has 0 aliphatic rings. The average Bonchev–Trinajstić information content (AvgIpc) is 3.04. The summed E-state index contributed by atoms with van der Waals surface area (Å²) in [6.07, 6.45) is 1.41. The van der Waals surface area contributed by atoms with Crippen molar-refractivity contribution in [2.75, 3.05) is 4.90 Å². The molecule has 6 heteroatoms. The van der Waals surface area contributed by atoms with Gasteiger partial charge in [0.15, 0.2) is 0 Å². The predicted octanol–water partition coefficient (Wildman–Crippen LogP) is 3.58. The summed E-state index contributed by atoms with van der Waals surface area (Å²) in [6.45, 7) is 3.77. The van der Waals surface area contributed by atoms with Crippen LogP contribution >= 0.6 is 0 Å². The molecule has 0 unspecified atom stereocenters. The molecule has 136 valence electrons. The first-order valence-electron chi connectivity index (χ1n) is 8.80. The van der Waals surface area contributed by atoms with Gasteiger partial charge in [0.2, 0.25) is 11.5 Å². The molecule has 2 heterocycles. The number of carbonyl (C=O) groups is 1. The Balaban J connectivity index is 1.72. The number of amides is 1. The van der Waals surface area contributed by atoms with Gasteiger partial charge in [-0.05, 0) is 38.1 Å². The maximum atomic E-state index is 12.9. The lowest BCUT2D eigenvalue weighted by Crippen LogP contribution is -2.41. The topological polar surface area (TPSA) is 68.3 Å². The van der Waals surface area contributed by atoms with Crippen molar-refractivity contribution in [1.29, 1.82) is 0 Å². The fourth-order valence-corrected chi connectivity index (χ4v) is 3.27. The van der Waals surface area contributed by atoms with Crippen molar-refractivity contribution < 1.29 is 9.21 Å². The first-order valence-corrected chi connectivity index (χ1v) is 8.80. The Kier molecular flexibility index (Phi) is 4.24. The molecule has 2 aromatic heterocycles. The number of aromatic nitrogens is 2. The molecule has 0 saturated heterocycles. The van der Waals surface area contributed by atoms with E-state index in [0.717, 1.165) is 11.1 Å². The van der Waals surface area contributed by atoms with Gasteiger partial charge in [-0.25, -0.2) is 4.98 Å². The van der Waals surface area contributed by atoms with Crippen molar-refractivity contribution in [3.05, 3.63) is 71.3 Å². The summed E-state index contributed by atoms with van der Waals surface area (Å²) in [5, 5.41) is 0.788. The largest absolute Gasteiger partial charge is 0.448 e. The van der Waals surface area contributed by atoms with E-state index in [9.17, 15) is 9.59 Å². The minimum Gasteiger partial charge on any atom is -0.448 e. The molecule has 0 bridgehead atoms. The molecule has 0 spiro atoms. The minimum atomic E-state index is -0.360. The van der Waals surface area contributed by atoms with Gasteiger partial charge < -0.3 is 9.32 Å². The zero-order valence-electron chi connectivity index (χ0n) is 15.1.